The number of benzene rings is 1. The summed E-state index contributed by atoms with van der Waals surface area (Å²) >= 11 is 0. The van der Waals surface area contributed by atoms with E-state index in [-0.39, 0.29) is 0 Å². The van der Waals surface area contributed by atoms with E-state index in [9.17, 15) is 9.59 Å². The summed E-state index contributed by atoms with van der Waals surface area (Å²) in [5.74, 6) is -1.78. The van der Waals surface area contributed by atoms with Crippen LogP contribution in [0.3, 0.4) is 0 Å². The fourth-order valence-electron chi connectivity index (χ4n) is 3.19. The maximum atomic E-state index is 9.55. The van der Waals surface area contributed by atoms with Crippen LogP contribution in [0.1, 0.15) is 31.2 Å². The number of carbonyl (C=O) groups is 2. The number of nitrogens with one attached hydrogen (secondary N) is 1. The molecule has 1 aliphatic heterocycles. The molecule has 0 saturated carbocycles. The van der Waals surface area contributed by atoms with E-state index in [1.54, 1.807) is 0 Å². The zero-order valence-corrected chi connectivity index (χ0v) is 17.2. The van der Waals surface area contributed by atoms with Crippen LogP contribution in [-0.2, 0) is 9.59 Å². The summed E-state index contributed by atoms with van der Waals surface area (Å²) < 4.78 is 5.86. The van der Waals surface area contributed by atoms with Crippen LogP contribution < -0.4 is 4.74 Å². The molecule has 0 amide bonds. The van der Waals surface area contributed by atoms with Gasteiger partial charge in [0.25, 0.3) is 0 Å². The first-order valence-electron chi connectivity index (χ1n) is 10.1. The maximum Gasteiger partial charge on any atom is 0.328 e. The highest BCUT2D eigenvalue weighted by atomic mass is 16.5. The first-order chi connectivity index (χ1) is 14.5. The van der Waals surface area contributed by atoms with Gasteiger partial charge in [-0.05, 0) is 44.8 Å². The summed E-state index contributed by atoms with van der Waals surface area (Å²) in [6, 6.07) is 10.3. The number of carboxylic acid groups (broad SMARTS) is 2. The smallest absolute Gasteiger partial charge is 0.328 e. The Labute approximate surface area is 176 Å². The van der Waals surface area contributed by atoms with E-state index in [0.717, 1.165) is 42.3 Å². The molecule has 0 aliphatic carbocycles. The lowest BCUT2D eigenvalue weighted by molar-refractivity contribution is -0.134. The third-order valence-electron chi connectivity index (χ3n) is 4.70. The number of carboxylic acids is 2. The summed E-state index contributed by atoms with van der Waals surface area (Å²) in [6.45, 7) is 6.43. The fraction of sp³-hybridized carbons (Fsp3) is 0.409. The molecule has 162 valence electrons. The lowest BCUT2D eigenvalue weighted by Gasteiger charge is -2.26. The maximum absolute atomic E-state index is 9.55. The molecule has 0 radical (unpaired) electrons. The average Bonchev–Trinajstić information content (AvgIpc) is 3.12. The number of hydrogen-bond acceptors (Lipinski definition) is 5. The van der Waals surface area contributed by atoms with Gasteiger partial charge in [0, 0.05) is 24.3 Å². The van der Waals surface area contributed by atoms with Crippen molar-refractivity contribution in [3.63, 3.8) is 0 Å². The van der Waals surface area contributed by atoms with Gasteiger partial charge >= 0.3 is 11.9 Å². The Kier molecular flexibility index (Phi) is 9.60. The van der Waals surface area contributed by atoms with E-state index in [4.69, 9.17) is 14.9 Å². The van der Waals surface area contributed by atoms with Crippen molar-refractivity contribution in [3.8, 4) is 17.1 Å². The Bertz CT molecular complexity index is 811. The fourth-order valence-corrected chi connectivity index (χ4v) is 3.19. The number of aromatic amines is 1. The molecule has 8 nitrogen and oxygen atoms in total. The SMILES string of the molecule is Cc1c(OCCCN2CCCCC2)n[nH]c1-c1ccccc1.O=C(O)/C=C/C(=O)O. The van der Waals surface area contributed by atoms with E-state index < -0.39 is 11.9 Å². The molecule has 1 fully saturated rings. The average molecular weight is 415 g/mol. The van der Waals surface area contributed by atoms with Crippen molar-refractivity contribution in [3.05, 3.63) is 48.0 Å². The van der Waals surface area contributed by atoms with Gasteiger partial charge in [0.1, 0.15) is 0 Å². The molecule has 3 rings (SSSR count). The Morgan fingerprint density at radius 2 is 1.73 bits per heavy atom. The van der Waals surface area contributed by atoms with Crippen LogP contribution >= 0.6 is 0 Å². The molecule has 0 unspecified atom stereocenters. The van der Waals surface area contributed by atoms with Gasteiger partial charge in [0.2, 0.25) is 5.88 Å². The van der Waals surface area contributed by atoms with E-state index in [0.29, 0.717) is 12.2 Å². The number of likely N-dealkylation sites (tertiary alicyclic amines) is 1. The van der Waals surface area contributed by atoms with Crippen molar-refractivity contribution < 1.29 is 24.5 Å². The molecule has 1 aliphatic rings. The van der Waals surface area contributed by atoms with Crippen LogP contribution in [0.2, 0.25) is 0 Å². The van der Waals surface area contributed by atoms with Crippen molar-refractivity contribution in [2.45, 2.75) is 32.6 Å². The van der Waals surface area contributed by atoms with Crippen molar-refractivity contribution in [2.75, 3.05) is 26.2 Å². The molecule has 0 bridgehead atoms. The summed E-state index contributed by atoms with van der Waals surface area (Å²) in [4.78, 5) is 21.6. The zero-order chi connectivity index (χ0) is 21.8. The molecule has 2 heterocycles. The first kappa shape index (κ1) is 23.2. The second kappa shape index (κ2) is 12.4. The van der Waals surface area contributed by atoms with Gasteiger partial charge in [-0.15, -0.1) is 5.10 Å². The van der Waals surface area contributed by atoms with E-state index in [1.807, 2.05) is 18.2 Å². The topological polar surface area (TPSA) is 116 Å². The van der Waals surface area contributed by atoms with Crippen molar-refractivity contribution in [1.82, 2.24) is 15.1 Å². The zero-order valence-electron chi connectivity index (χ0n) is 17.2. The molecule has 1 saturated heterocycles. The number of H-pyrrole nitrogens is 1. The van der Waals surface area contributed by atoms with Crippen molar-refractivity contribution in [2.24, 2.45) is 0 Å². The number of hydrogen-bond donors (Lipinski definition) is 3. The highest BCUT2D eigenvalue weighted by Gasteiger charge is 2.12. The lowest BCUT2D eigenvalue weighted by atomic mass is 10.1. The van der Waals surface area contributed by atoms with Crippen molar-refractivity contribution >= 4 is 11.9 Å². The highest BCUT2D eigenvalue weighted by Crippen LogP contribution is 2.26. The van der Waals surface area contributed by atoms with E-state index >= 15 is 0 Å². The van der Waals surface area contributed by atoms with Crippen LogP contribution in [0.4, 0.5) is 0 Å². The number of aromatic nitrogens is 2. The molecule has 1 aromatic heterocycles. The minimum Gasteiger partial charge on any atom is -0.478 e. The minimum absolute atomic E-state index is 0.558. The molecule has 2 aromatic rings. The third kappa shape index (κ3) is 8.08. The molecule has 3 N–H and O–H groups in total. The lowest BCUT2D eigenvalue weighted by Crippen LogP contribution is -2.31. The third-order valence-corrected chi connectivity index (χ3v) is 4.70. The Balaban J connectivity index is 0.000000343. The Morgan fingerprint density at radius 3 is 2.33 bits per heavy atom. The molecule has 8 heteroatoms. The molecule has 30 heavy (non-hydrogen) atoms. The normalized spacial score (nSPS) is 14.2. The van der Waals surface area contributed by atoms with Gasteiger partial charge < -0.3 is 19.8 Å². The molecule has 0 spiro atoms. The monoisotopic (exact) mass is 415 g/mol. The van der Waals surface area contributed by atoms with Gasteiger partial charge in [0.05, 0.1) is 12.3 Å². The number of piperidine rings is 1. The molecule has 0 atom stereocenters. The summed E-state index contributed by atoms with van der Waals surface area (Å²) in [5.41, 5.74) is 3.28. The van der Waals surface area contributed by atoms with E-state index in [1.165, 1.54) is 32.4 Å². The predicted octanol–water partition coefficient (Wildman–Crippen LogP) is 3.35. The predicted molar refractivity (Wildman–Crippen MR) is 114 cm³/mol. The van der Waals surface area contributed by atoms with Gasteiger partial charge in [0.15, 0.2) is 0 Å². The number of aliphatic carboxylic acids is 2. The van der Waals surface area contributed by atoms with Gasteiger partial charge in [-0.2, -0.15) is 0 Å². The summed E-state index contributed by atoms with van der Waals surface area (Å²) in [7, 11) is 0. The summed E-state index contributed by atoms with van der Waals surface area (Å²) in [5, 5.41) is 23.0. The van der Waals surface area contributed by atoms with Crippen LogP contribution in [-0.4, -0.2) is 63.5 Å². The van der Waals surface area contributed by atoms with Gasteiger partial charge in [-0.25, -0.2) is 9.59 Å². The van der Waals surface area contributed by atoms with Crippen LogP contribution in [0.15, 0.2) is 42.5 Å². The Hall–Kier alpha value is -3.13. The number of nitrogens with zero attached hydrogens (tertiary/aromatic N) is 2. The van der Waals surface area contributed by atoms with Crippen LogP contribution in [0.25, 0.3) is 11.3 Å². The standard InChI is InChI=1S/C18H25N3O.C4H4O4/c1-15-17(16-9-4-2-5-10-16)19-20-18(15)22-14-8-13-21-11-6-3-7-12-21;5-3(6)1-2-4(7)8/h2,4-5,9-10H,3,6-8,11-14H2,1H3,(H,19,20);1-2H,(H,5,6)(H,7,8)/b;2-1+. The molecule has 1 aromatic carbocycles. The van der Waals surface area contributed by atoms with Crippen LogP contribution in [0.5, 0.6) is 5.88 Å². The summed E-state index contributed by atoms with van der Waals surface area (Å²) in [6.07, 6.45) is 6.26. The first-order valence-corrected chi connectivity index (χ1v) is 10.1. The highest BCUT2D eigenvalue weighted by molar-refractivity contribution is 5.89. The Morgan fingerprint density at radius 1 is 1.10 bits per heavy atom. The second-order valence-corrected chi connectivity index (χ2v) is 7.01. The minimum atomic E-state index is -1.26. The van der Waals surface area contributed by atoms with Gasteiger partial charge in [-0.3, -0.25) is 5.10 Å². The molecular formula is C22H29N3O5. The number of ether oxygens (including phenoxy) is 1. The second-order valence-electron chi connectivity index (χ2n) is 7.01. The van der Waals surface area contributed by atoms with Crippen molar-refractivity contribution in [1.29, 1.82) is 0 Å². The quantitative estimate of drug-likeness (QED) is 0.447. The van der Waals surface area contributed by atoms with Crippen LogP contribution in [0, 0.1) is 6.92 Å². The van der Waals surface area contributed by atoms with Gasteiger partial charge in [-0.1, -0.05) is 36.8 Å². The number of rotatable bonds is 8. The molecular weight excluding hydrogens is 386 g/mol. The largest absolute Gasteiger partial charge is 0.478 e. The van der Waals surface area contributed by atoms with E-state index in [2.05, 4.69) is 34.2 Å².